The van der Waals surface area contributed by atoms with Crippen LogP contribution in [0.15, 0.2) is 48.6 Å². The third kappa shape index (κ3) is 2.30. The van der Waals surface area contributed by atoms with Gasteiger partial charge in [0.15, 0.2) is 5.78 Å². The first-order chi connectivity index (χ1) is 9.05. The van der Waals surface area contributed by atoms with E-state index in [1.54, 1.807) is 6.08 Å². The van der Waals surface area contributed by atoms with Gasteiger partial charge in [-0.3, -0.25) is 9.78 Å². The molecular formula is C17H17NO. The van der Waals surface area contributed by atoms with Crippen molar-refractivity contribution in [2.24, 2.45) is 5.41 Å². The average molecular weight is 251 g/mol. The molecule has 1 unspecified atom stereocenters. The predicted molar refractivity (Wildman–Crippen MR) is 77.0 cm³/mol. The number of allylic oxidation sites excluding steroid dienone is 2. The molecule has 19 heavy (non-hydrogen) atoms. The molecule has 0 fully saturated rings. The van der Waals surface area contributed by atoms with Gasteiger partial charge in [0.1, 0.15) is 0 Å². The molecule has 1 aromatic heterocycles. The van der Waals surface area contributed by atoms with E-state index in [1.807, 2.05) is 36.4 Å². The van der Waals surface area contributed by atoms with Crippen molar-refractivity contribution in [2.75, 3.05) is 0 Å². The van der Waals surface area contributed by atoms with Gasteiger partial charge in [-0.2, -0.15) is 0 Å². The fourth-order valence-electron chi connectivity index (χ4n) is 2.64. The predicted octanol–water partition coefficient (Wildman–Crippen LogP) is 3.87. The van der Waals surface area contributed by atoms with E-state index in [4.69, 9.17) is 0 Å². The quantitative estimate of drug-likeness (QED) is 0.770. The molecule has 0 radical (unpaired) electrons. The third-order valence-electron chi connectivity index (χ3n) is 3.75. The summed E-state index contributed by atoms with van der Waals surface area (Å²) in [5.74, 6) is 0.0618. The minimum atomic E-state index is -0.107. The highest BCUT2D eigenvalue weighted by molar-refractivity contribution is 5.96. The van der Waals surface area contributed by atoms with E-state index in [1.165, 1.54) is 0 Å². The number of fused-ring (bicyclic) bond motifs is 1. The summed E-state index contributed by atoms with van der Waals surface area (Å²) in [5.41, 5.74) is 1.91. The summed E-state index contributed by atoms with van der Waals surface area (Å²) in [6, 6.07) is 12.1. The third-order valence-corrected chi connectivity index (χ3v) is 3.75. The largest absolute Gasteiger partial charge is 0.294 e. The van der Waals surface area contributed by atoms with Gasteiger partial charge in [0.25, 0.3) is 0 Å². The number of carbonyl (C=O) groups excluding carboxylic acids is 1. The second-order valence-corrected chi connectivity index (χ2v) is 5.91. The van der Waals surface area contributed by atoms with Crippen LogP contribution in [0.4, 0.5) is 0 Å². The van der Waals surface area contributed by atoms with Gasteiger partial charge in [-0.1, -0.05) is 44.2 Å². The summed E-state index contributed by atoms with van der Waals surface area (Å²) < 4.78 is 0. The van der Waals surface area contributed by atoms with Crippen molar-refractivity contribution in [3.8, 4) is 0 Å². The highest BCUT2D eigenvalue weighted by Crippen LogP contribution is 2.37. The minimum Gasteiger partial charge on any atom is -0.294 e. The summed E-state index contributed by atoms with van der Waals surface area (Å²) in [6.07, 6.45) is 4.55. The highest BCUT2D eigenvalue weighted by Gasteiger charge is 2.31. The molecule has 1 atom stereocenters. The zero-order valence-corrected chi connectivity index (χ0v) is 11.3. The number of carbonyl (C=O) groups is 1. The monoisotopic (exact) mass is 251 g/mol. The van der Waals surface area contributed by atoms with E-state index in [0.717, 1.165) is 23.0 Å². The SMILES string of the molecule is CC1(C)C=CC(=O)C(c2ccc3ccccc3n2)C1. The van der Waals surface area contributed by atoms with Crippen molar-refractivity contribution in [1.82, 2.24) is 4.98 Å². The zero-order valence-electron chi connectivity index (χ0n) is 11.3. The number of aromatic nitrogens is 1. The van der Waals surface area contributed by atoms with E-state index in [9.17, 15) is 4.79 Å². The average Bonchev–Trinajstić information content (AvgIpc) is 2.41. The summed E-state index contributed by atoms with van der Waals surface area (Å²) in [6.45, 7) is 4.31. The molecule has 1 aliphatic rings. The van der Waals surface area contributed by atoms with Crippen LogP contribution in [-0.2, 0) is 4.79 Å². The molecule has 0 bridgehead atoms. The molecular weight excluding hydrogens is 234 g/mol. The lowest BCUT2D eigenvalue weighted by Gasteiger charge is -2.29. The van der Waals surface area contributed by atoms with Crippen molar-refractivity contribution >= 4 is 16.7 Å². The Morgan fingerprint density at radius 1 is 1.16 bits per heavy atom. The standard InChI is InChI=1S/C17H17NO/c1-17(2)10-9-16(19)13(11-17)15-8-7-12-5-3-4-6-14(12)18-15/h3-10,13H,11H2,1-2H3. The molecule has 0 N–H and O–H groups in total. The van der Waals surface area contributed by atoms with Crippen LogP contribution >= 0.6 is 0 Å². The molecule has 3 rings (SSSR count). The Balaban J connectivity index is 2.04. The van der Waals surface area contributed by atoms with Gasteiger partial charge < -0.3 is 0 Å². The minimum absolute atomic E-state index is 0.0614. The Kier molecular flexibility index (Phi) is 2.74. The van der Waals surface area contributed by atoms with Gasteiger partial charge in [-0.25, -0.2) is 0 Å². The number of hydrogen-bond donors (Lipinski definition) is 0. The fraction of sp³-hybridized carbons (Fsp3) is 0.294. The lowest BCUT2D eigenvalue weighted by molar-refractivity contribution is -0.117. The Labute approximate surface area is 113 Å². The molecule has 0 amide bonds. The molecule has 1 aromatic carbocycles. The van der Waals surface area contributed by atoms with Gasteiger partial charge >= 0.3 is 0 Å². The van der Waals surface area contributed by atoms with Gasteiger partial charge in [-0.15, -0.1) is 0 Å². The molecule has 96 valence electrons. The van der Waals surface area contributed by atoms with Crippen LogP contribution in [0.3, 0.4) is 0 Å². The Morgan fingerprint density at radius 3 is 2.79 bits per heavy atom. The van der Waals surface area contributed by atoms with E-state index in [0.29, 0.717) is 0 Å². The second kappa shape index (κ2) is 4.30. The zero-order chi connectivity index (χ0) is 13.5. The van der Waals surface area contributed by atoms with Gasteiger partial charge in [0.05, 0.1) is 17.1 Å². The maximum absolute atomic E-state index is 12.1. The molecule has 1 aliphatic carbocycles. The molecule has 0 spiro atoms. The van der Waals surface area contributed by atoms with Crippen LogP contribution < -0.4 is 0 Å². The van der Waals surface area contributed by atoms with E-state index in [-0.39, 0.29) is 17.1 Å². The van der Waals surface area contributed by atoms with Crippen LogP contribution in [0.25, 0.3) is 10.9 Å². The molecule has 2 aromatic rings. The number of benzene rings is 1. The van der Waals surface area contributed by atoms with Crippen molar-refractivity contribution < 1.29 is 4.79 Å². The number of para-hydroxylation sites is 1. The van der Waals surface area contributed by atoms with Crippen LogP contribution in [-0.4, -0.2) is 10.8 Å². The maximum Gasteiger partial charge on any atom is 0.164 e. The number of hydrogen-bond acceptors (Lipinski definition) is 2. The van der Waals surface area contributed by atoms with Crippen LogP contribution in [0.1, 0.15) is 31.9 Å². The number of ketones is 1. The van der Waals surface area contributed by atoms with Gasteiger partial charge in [0.2, 0.25) is 0 Å². The molecule has 0 saturated carbocycles. The first kappa shape index (κ1) is 12.1. The van der Waals surface area contributed by atoms with E-state index in [2.05, 4.69) is 24.9 Å². The first-order valence-electron chi connectivity index (χ1n) is 6.64. The number of rotatable bonds is 1. The van der Waals surface area contributed by atoms with Crippen molar-refractivity contribution in [3.63, 3.8) is 0 Å². The fourth-order valence-corrected chi connectivity index (χ4v) is 2.64. The van der Waals surface area contributed by atoms with Crippen molar-refractivity contribution in [1.29, 1.82) is 0 Å². The molecule has 1 heterocycles. The van der Waals surface area contributed by atoms with Gasteiger partial charge in [0, 0.05) is 5.39 Å². The van der Waals surface area contributed by atoms with E-state index >= 15 is 0 Å². The Morgan fingerprint density at radius 2 is 1.95 bits per heavy atom. The smallest absolute Gasteiger partial charge is 0.164 e. The summed E-state index contributed by atoms with van der Waals surface area (Å²) >= 11 is 0. The summed E-state index contributed by atoms with van der Waals surface area (Å²) in [4.78, 5) is 16.8. The molecule has 2 heteroatoms. The normalized spacial score (nSPS) is 21.8. The lowest BCUT2D eigenvalue weighted by atomic mass is 9.75. The molecule has 2 nitrogen and oxygen atoms in total. The first-order valence-corrected chi connectivity index (χ1v) is 6.64. The molecule has 0 aliphatic heterocycles. The Bertz CT molecular complexity index is 670. The Hall–Kier alpha value is -1.96. The van der Waals surface area contributed by atoms with Crippen LogP contribution in [0.2, 0.25) is 0 Å². The number of pyridine rings is 1. The topological polar surface area (TPSA) is 30.0 Å². The molecule has 0 saturated heterocycles. The number of nitrogens with zero attached hydrogens (tertiary/aromatic N) is 1. The van der Waals surface area contributed by atoms with Crippen molar-refractivity contribution in [2.45, 2.75) is 26.2 Å². The van der Waals surface area contributed by atoms with Crippen LogP contribution in [0.5, 0.6) is 0 Å². The lowest BCUT2D eigenvalue weighted by Crippen LogP contribution is -2.24. The second-order valence-electron chi connectivity index (χ2n) is 5.91. The summed E-state index contributed by atoms with van der Waals surface area (Å²) in [5, 5.41) is 1.12. The van der Waals surface area contributed by atoms with Crippen LogP contribution in [0, 0.1) is 5.41 Å². The van der Waals surface area contributed by atoms with E-state index < -0.39 is 0 Å². The van der Waals surface area contributed by atoms with Gasteiger partial charge in [-0.05, 0) is 30.0 Å². The summed E-state index contributed by atoms with van der Waals surface area (Å²) in [7, 11) is 0. The van der Waals surface area contributed by atoms with Crippen molar-refractivity contribution in [3.05, 3.63) is 54.2 Å². The maximum atomic E-state index is 12.1. The highest BCUT2D eigenvalue weighted by atomic mass is 16.1.